The van der Waals surface area contributed by atoms with E-state index in [9.17, 15) is 0 Å². The van der Waals surface area contributed by atoms with Crippen molar-refractivity contribution >= 4 is 16.6 Å². The van der Waals surface area contributed by atoms with Crippen LogP contribution in [0.5, 0.6) is 0 Å². The molecule has 0 saturated heterocycles. The van der Waals surface area contributed by atoms with Crippen molar-refractivity contribution in [2.45, 2.75) is 25.6 Å². The molecule has 0 aromatic heterocycles. The molecular formula is C11H23NOSi2. The van der Waals surface area contributed by atoms with Crippen LogP contribution < -0.4 is 5.73 Å². The summed E-state index contributed by atoms with van der Waals surface area (Å²) in [4.78, 5) is 0. The van der Waals surface area contributed by atoms with Gasteiger partial charge in [-0.25, -0.2) is 0 Å². The van der Waals surface area contributed by atoms with Gasteiger partial charge in [-0.1, -0.05) is 17.1 Å². The van der Waals surface area contributed by atoms with Crippen molar-refractivity contribution in [3.8, 4) is 0 Å². The molecule has 2 N–H and O–H groups in total. The van der Waals surface area contributed by atoms with Gasteiger partial charge in [0.1, 0.15) is 0 Å². The second-order valence-electron chi connectivity index (χ2n) is 4.22. The zero-order valence-corrected chi connectivity index (χ0v) is 12.0. The van der Waals surface area contributed by atoms with Gasteiger partial charge in [0.25, 0.3) is 8.32 Å². The number of nitrogens with two attached hydrogens (primary N) is 1. The van der Waals surface area contributed by atoms with Crippen molar-refractivity contribution in [3.63, 3.8) is 0 Å². The summed E-state index contributed by atoms with van der Waals surface area (Å²) in [7, 11) is -3.74. The third kappa shape index (κ3) is 4.75. The minimum absolute atomic E-state index is 0.727. The Morgan fingerprint density at radius 2 is 1.60 bits per heavy atom. The Bertz CT molecular complexity index is 217. The largest absolute Gasteiger partial charge is 0.447 e. The standard InChI is InChI=1S/C11H23NOSi2/c1-6-15(7-2,8-3)13-14(4,5)11-9-10-12/h6-8H,1-3,9-12H2,4-5H3. The van der Waals surface area contributed by atoms with Crippen LogP contribution in [0, 0.1) is 0 Å². The van der Waals surface area contributed by atoms with E-state index in [1.165, 1.54) is 0 Å². The van der Waals surface area contributed by atoms with Crippen molar-refractivity contribution in [1.82, 2.24) is 0 Å². The van der Waals surface area contributed by atoms with Crippen LogP contribution in [0.15, 0.2) is 36.8 Å². The molecule has 86 valence electrons. The third-order valence-corrected chi connectivity index (χ3v) is 9.49. The summed E-state index contributed by atoms with van der Waals surface area (Å²) in [6.07, 6.45) is 1.02. The minimum Gasteiger partial charge on any atom is -0.447 e. The summed E-state index contributed by atoms with van der Waals surface area (Å²) >= 11 is 0. The first kappa shape index (κ1) is 14.6. The maximum Gasteiger partial charge on any atom is 0.254 e. The van der Waals surface area contributed by atoms with Crippen LogP contribution in [-0.2, 0) is 4.12 Å². The fourth-order valence-electron chi connectivity index (χ4n) is 1.43. The summed E-state index contributed by atoms with van der Waals surface area (Å²) in [6.45, 7) is 16.6. The molecule has 0 heterocycles. The van der Waals surface area contributed by atoms with Crippen molar-refractivity contribution < 1.29 is 4.12 Å². The number of rotatable bonds is 8. The lowest BCUT2D eigenvalue weighted by Gasteiger charge is -2.32. The van der Waals surface area contributed by atoms with E-state index in [2.05, 4.69) is 32.8 Å². The monoisotopic (exact) mass is 241 g/mol. The maximum atomic E-state index is 6.24. The molecule has 4 heteroatoms. The van der Waals surface area contributed by atoms with Crippen molar-refractivity contribution in [3.05, 3.63) is 36.8 Å². The Morgan fingerprint density at radius 1 is 1.13 bits per heavy atom. The summed E-state index contributed by atoms with van der Waals surface area (Å²) < 4.78 is 6.24. The molecule has 2 nitrogen and oxygen atoms in total. The zero-order valence-electron chi connectivity index (χ0n) is 9.96. The van der Waals surface area contributed by atoms with E-state index >= 15 is 0 Å². The predicted octanol–water partition coefficient (Wildman–Crippen LogP) is 2.68. The summed E-state index contributed by atoms with van der Waals surface area (Å²) in [5, 5.41) is 0. The number of hydrogen-bond acceptors (Lipinski definition) is 2. The molecule has 0 radical (unpaired) electrons. The molecule has 0 aliphatic heterocycles. The van der Waals surface area contributed by atoms with Crippen LogP contribution in [0.2, 0.25) is 19.1 Å². The highest BCUT2D eigenvalue weighted by molar-refractivity contribution is 6.94. The molecule has 0 atom stereocenters. The van der Waals surface area contributed by atoms with Gasteiger partial charge in [-0.05, 0) is 32.1 Å². The van der Waals surface area contributed by atoms with Crippen LogP contribution >= 0.6 is 0 Å². The van der Waals surface area contributed by atoms with E-state index in [0.29, 0.717) is 0 Å². The van der Waals surface area contributed by atoms with Gasteiger partial charge < -0.3 is 9.85 Å². The summed E-state index contributed by atoms with van der Waals surface area (Å²) in [5.74, 6) is 0. The highest BCUT2D eigenvalue weighted by atomic mass is 28.4. The Labute approximate surface area is 95.8 Å². The van der Waals surface area contributed by atoms with Crippen LogP contribution in [0.4, 0.5) is 0 Å². The molecule has 0 saturated carbocycles. The lowest BCUT2D eigenvalue weighted by molar-refractivity contribution is 0.560. The normalized spacial score (nSPS) is 12.2. The Morgan fingerprint density at radius 3 is 1.93 bits per heavy atom. The van der Waals surface area contributed by atoms with Crippen LogP contribution in [0.25, 0.3) is 0 Å². The van der Waals surface area contributed by atoms with Crippen LogP contribution in [0.3, 0.4) is 0 Å². The molecule has 0 unspecified atom stereocenters. The second kappa shape index (κ2) is 6.22. The highest BCUT2D eigenvalue weighted by Crippen LogP contribution is 2.21. The quantitative estimate of drug-likeness (QED) is 0.663. The SMILES string of the molecule is C=C[Si](C=C)(C=C)O[Si](C)(C)CCCN. The van der Waals surface area contributed by atoms with E-state index < -0.39 is 16.6 Å². The van der Waals surface area contributed by atoms with Crippen molar-refractivity contribution in [2.24, 2.45) is 5.73 Å². The fraction of sp³-hybridized carbons (Fsp3) is 0.455. The molecule has 0 fully saturated rings. The highest BCUT2D eigenvalue weighted by Gasteiger charge is 2.33. The predicted molar refractivity (Wildman–Crippen MR) is 73.4 cm³/mol. The molecule has 0 bridgehead atoms. The van der Waals surface area contributed by atoms with Crippen LogP contribution in [-0.4, -0.2) is 23.2 Å². The van der Waals surface area contributed by atoms with Gasteiger partial charge in [0, 0.05) is 0 Å². The molecule has 0 spiro atoms. The molecule has 0 aliphatic carbocycles. The lowest BCUT2D eigenvalue weighted by Crippen LogP contribution is -2.45. The molecule has 0 aliphatic rings. The molecule has 0 rings (SSSR count). The van der Waals surface area contributed by atoms with Crippen molar-refractivity contribution in [1.29, 1.82) is 0 Å². The maximum absolute atomic E-state index is 6.24. The first-order valence-corrected chi connectivity index (χ1v) is 10.5. The van der Waals surface area contributed by atoms with E-state index in [1.54, 1.807) is 0 Å². The van der Waals surface area contributed by atoms with Gasteiger partial charge >= 0.3 is 0 Å². The van der Waals surface area contributed by atoms with E-state index in [4.69, 9.17) is 9.85 Å². The molecular weight excluding hydrogens is 218 g/mol. The first-order chi connectivity index (χ1) is 6.95. The molecule has 0 aromatic carbocycles. The van der Waals surface area contributed by atoms with Gasteiger partial charge in [-0.15, -0.1) is 19.7 Å². The Hall–Kier alpha value is -0.426. The van der Waals surface area contributed by atoms with Gasteiger partial charge in [0.15, 0.2) is 8.32 Å². The summed E-state index contributed by atoms with van der Waals surface area (Å²) in [5.41, 5.74) is 11.2. The lowest BCUT2D eigenvalue weighted by atomic mass is 10.5. The van der Waals surface area contributed by atoms with E-state index in [0.717, 1.165) is 19.0 Å². The average Bonchev–Trinajstić information content (AvgIpc) is 2.23. The zero-order chi connectivity index (χ0) is 11.9. The van der Waals surface area contributed by atoms with Gasteiger partial charge in [-0.2, -0.15) is 0 Å². The average molecular weight is 241 g/mol. The number of hydrogen-bond donors (Lipinski definition) is 1. The molecule has 0 amide bonds. The van der Waals surface area contributed by atoms with E-state index in [1.807, 2.05) is 17.1 Å². The Kier molecular flexibility index (Phi) is 6.04. The first-order valence-electron chi connectivity index (χ1n) is 5.26. The Balaban J connectivity index is 4.57. The topological polar surface area (TPSA) is 35.2 Å². The smallest absolute Gasteiger partial charge is 0.254 e. The van der Waals surface area contributed by atoms with Crippen LogP contribution in [0.1, 0.15) is 6.42 Å². The molecule has 0 aromatic rings. The van der Waals surface area contributed by atoms with Gasteiger partial charge in [0.2, 0.25) is 0 Å². The van der Waals surface area contributed by atoms with Gasteiger partial charge in [0.05, 0.1) is 0 Å². The summed E-state index contributed by atoms with van der Waals surface area (Å²) in [6, 6.07) is 1.08. The van der Waals surface area contributed by atoms with E-state index in [-0.39, 0.29) is 0 Å². The minimum atomic E-state index is -2.09. The van der Waals surface area contributed by atoms with Gasteiger partial charge in [-0.3, -0.25) is 0 Å². The fourth-order valence-corrected chi connectivity index (χ4v) is 8.22. The molecule has 15 heavy (non-hydrogen) atoms. The second-order valence-corrected chi connectivity index (χ2v) is 12.0. The third-order valence-electron chi connectivity index (χ3n) is 2.39. The van der Waals surface area contributed by atoms with Crippen molar-refractivity contribution in [2.75, 3.05) is 6.54 Å².